The fourth-order valence-corrected chi connectivity index (χ4v) is 3.53. The molecule has 2 unspecified atom stereocenters. The minimum Gasteiger partial charge on any atom is -0.396 e. The van der Waals surface area contributed by atoms with E-state index in [2.05, 4.69) is 39.5 Å². The zero-order chi connectivity index (χ0) is 14.5. The predicted molar refractivity (Wildman–Crippen MR) is 83.3 cm³/mol. The van der Waals surface area contributed by atoms with E-state index in [-0.39, 0.29) is 5.41 Å². The van der Waals surface area contributed by atoms with E-state index >= 15 is 0 Å². The fraction of sp³-hybridized carbons (Fsp3) is 1.00. The molecule has 1 aliphatic heterocycles. The highest BCUT2D eigenvalue weighted by Crippen LogP contribution is 2.35. The Hall–Kier alpha value is -0.0800. The first-order chi connectivity index (χ1) is 8.80. The lowest BCUT2D eigenvalue weighted by Gasteiger charge is -2.34. The van der Waals surface area contributed by atoms with Gasteiger partial charge in [-0.15, -0.1) is 0 Å². The van der Waals surface area contributed by atoms with Gasteiger partial charge in [0.15, 0.2) is 0 Å². The van der Waals surface area contributed by atoms with Crippen molar-refractivity contribution in [1.29, 1.82) is 0 Å². The molecule has 0 amide bonds. The minimum absolute atomic E-state index is 0.0936. The van der Waals surface area contributed by atoms with Gasteiger partial charge in [-0.05, 0) is 50.1 Å². The number of aliphatic hydroxyl groups is 1. The second kappa shape index (κ2) is 7.08. The molecule has 2 nitrogen and oxygen atoms in total. The van der Waals surface area contributed by atoms with E-state index in [9.17, 15) is 5.11 Å². The van der Waals surface area contributed by atoms with Crippen molar-refractivity contribution in [3.63, 3.8) is 0 Å². The monoisotopic (exact) mass is 269 g/mol. The average Bonchev–Trinajstić information content (AvgIpc) is 2.54. The molecule has 0 aliphatic carbocycles. The average molecular weight is 269 g/mol. The topological polar surface area (TPSA) is 23.5 Å². The van der Waals surface area contributed by atoms with Crippen molar-refractivity contribution in [3.8, 4) is 0 Å². The molecule has 0 spiro atoms. The summed E-state index contributed by atoms with van der Waals surface area (Å²) in [6, 6.07) is 0. The Kier molecular flexibility index (Phi) is 6.32. The van der Waals surface area contributed by atoms with Crippen LogP contribution in [0.5, 0.6) is 0 Å². The van der Waals surface area contributed by atoms with E-state index in [0.717, 1.165) is 25.3 Å². The number of nitrogens with zero attached hydrogens (tertiary/aromatic N) is 1. The highest BCUT2D eigenvalue weighted by atomic mass is 16.3. The molecule has 2 heteroatoms. The molecule has 114 valence electrons. The van der Waals surface area contributed by atoms with Gasteiger partial charge in [0.2, 0.25) is 0 Å². The molecule has 0 bridgehead atoms. The van der Waals surface area contributed by atoms with Gasteiger partial charge in [0.05, 0.1) is 0 Å². The van der Waals surface area contributed by atoms with Gasteiger partial charge in [0.1, 0.15) is 0 Å². The van der Waals surface area contributed by atoms with Crippen LogP contribution in [0, 0.1) is 16.7 Å². The van der Waals surface area contributed by atoms with Crippen molar-refractivity contribution in [2.45, 2.75) is 66.7 Å². The van der Waals surface area contributed by atoms with Crippen molar-refractivity contribution in [2.75, 3.05) is 26.2 Å². The van der Waals surface area contributed by atoms with Gasteiger partial charge in [0.25, 0.3) is 0 Å². The van der Waals surface area contributed by atoms with Gasteiger partial charge in [-0.1, -0.05) is 41.0 Å². The van der Waals surface area contributed by atoms with Crippen LogP contribution >= 0.6 is 0 Å². The summed E-state index contributed by atoms with van der Waals surface area (Å²) in [5.74, 6) is 0.851. The Labute approximate surface area is 120 Å². The quantitative estimate of drug-likeness (QED) is 0.817. The molecule has 1 saturated heterocycles. The van der Waals surface area contributed by atoms with E-state index < -0.39 is 0 Å². The van der Waals surface area contributed by atoms with E-state index in [1.54, 1.807) is 0 Å². The van der Waals surface area contributed by atoms with Gasteiger partial charge in [-0.3, -0.25) is 0 Å². The molecule has 1 fully saturated rings. The maximum Gasteiger partial charge on any atom is 0.0497 e. The Bertz CT molecular complexity index is 258. The summed E-state index contributed by atoms with van der Waals surface area (Å²) < 4.78 is 0. The zero-order valence-corrected chi connectivity index (χ0v) is 13.8. The van der Waals surface area contributed by atoms with Gasteiger partial charge in [-0.25, -0.2) is 0 Å². The summed E-state index contributed by atoms with van der Waals surface area (Å²) in [7, 11) is 0. The summed E-state index contributed by atoms with van der Waals surface area (Å²) in [4.78, 5) is 2.59. The third-order valence-corrected chi connectivity index (χ3v) is 4.89. The van der Waals surface area contributed by atoms with Crippen LogP contribution in [0.4, 0.5) is 0 Å². The molecular formula is C17H35NO. The Morgan fingerprint density at radius 1 is 1.11 bits per heavy atom. The van der Waals surface area contributed by atoms with Crippen molar-refractivity contribution >= 4 is 0 Å². The molecule has 0 saturated carbocycles. The molecule has 0 aromatic carbocycles. The van der Waals surface area contributed by atoms with Crippen LogP contribution < -0.4 is 0 Å². The SMILES string of the molecule is CCCC(C)(CO)CN1CCCC(C(C)(C)C)CC1. The fourth-order valence-electron chi connectivity index (χ4n) is 3.53. The van der Waals surface area contributed by atoms with E-state index in [4.69, 9.17) is 0 Å². The number of aliphatic hydroxyl groups excluding tert-OH is 1. The van der Waals surface area contributed by atoms with Crippen LogP contribution in [0.1, 0.15) is 66.7 Å². The van der Waals surface area contributed by atoms with Gasteiger partial charge >= 0.3 is 0 Å². The Balaban J connectivity index is 2.53. The lowest BCUT2D eigenvalue weighted by Crippen LogP contribution is -2.39. The second-order valence-corrected chi connectivity index (χ2v) is 7.99. The normalized spacial score (nSPS) is 25.9. The molecular weight excluding hydrogens is 234 g/mol. The smallest absolute Gasteiger partial charge is 0.0497 e. The summed E-state index contributed by atoms with van der Waals surface area (Å²) in [5.41, 5.74) is 0.538. The van der Waals surface area contributed by atoms with Gasteiger partial charge < -0.3 is 10.0 Å². The summed E-state index contributed by atoms with van der Waals surface area (Å²) in [6.07, 6.45) is 6.29. The van der Waals surface area contributed by atoms with E-state index in [0.29, 0.717) is 12.0 Å². The number of hydrogen-bond acceptors (Lipinski definition) is 2. The van der Waals surface area contributed by atoms with Crippen LogP contribution in [0.3, 0.4) is 0 Å². The third-order valence-electron chi connectivity index (χ3n) is 4.89. The highest BCUT2D eigenvalue weighted by Gasteiger charge is 2.30. The van der Waals surface area contributed by atoms with Gasteiger partial charge in [-0.2, -0.15) is 0 Å². The molecule has 0 aromatic heterocycles. The molecule has 1 aliphatic rings. The maximum atomic E-state index is 9.67. The van der Waals surface area contributed by atoms with Crippen LogP contribution in [0.15, 0.2) is 0 Å². The number of rotatable bonds is 5. The van der Waals surface area contributed by atoms with Crippen molar-refractivity contribution in [1.82, 2.24) is 4.90 Å². The first kappa shape index (κ1) is 17.0. The lowest BCUT2D eigenvalue weighted by atomic mass is 9.77. The molecule has 1 rings (SSSR count). The number of hydrogen-bond donors (Lipinski definition) is 1. The first-order valence-corrected chi connectivity index (χ1v) is 8.14. The van der Waals surface area contributed by atoms with Crippen molar-refractivity contribution in [2.24, 2.45) is 16.7 Å². The van der Waals surface area contributed by atoms with Crippen molar-refractivity contribution in [3.05, 3.63) is 0 Å². The standard InChI is InChI=1S/C17H35NO/c1-6-10-17(5,14-19)13-18-11-7-8-15(9-12-18)16(2,3)4/h15,19H,6-14H2,1-5H3. The van der Waals surface area contributed by atoms with Crippen LogP contribution in [-0.4, -0.2) is 36.2 Å². The van der Waals surface area contributed by atoms with Crippen LogP contribution in [0.25, 0.3) is 0 Å². The first-order valence-electron chi connectivity index (χ1n) is 8.14. The lowest BCUT2D eigenvalue weighted by molar-refractivity contribution is 0.0796. The van der Waals surface area contributed by atoms with Gasteiger partial charge in [0, 0.05) is 18.6 Å². The Morgan fingerprint density at radius 2 is 1.79 bits per heavy atom. The van der Waals surface area contributed by atoms with Crippen LogP contribution in [-0.2, 0) is 0 Å². The summed E-state index contributed by atoms with van der Waals surface area (Å²) in [5, 5.41) is 9.67. The van der Waals surface area contributed by atoms with Crippen LogP contribution in [0.2, 0.25) is 0 Å². The molecule has 19 heavy (non-hydrogen) atoms. The molecule has 1 heterocycles. The maximum absolute atomic E-state index is 9.67. The highest BCUT2D eigenvalue weighted by molar-refractivity contribution is 4.82. The minimum atomic E-state index is 0.0936. The predicted octanol–water partition coefficient (Wildman–Crippen LogP) is 3.93. The van der Waals surface area contributed by atoms with E-state index in [1.165, 1.54) is 32.4 Å². The summed E-state index contributed by atoms with van der Waals surface area (Å²) >= 11 is 0. The Morgan fingerprint density at radius 3 is 2.32 bits per heavy atom. The molecule has 2 atom stereocenters. The zero-order valence-electron chi connectivity index (χ0n) is 13.8. The van der Waals surface area contributed by atoms with Crippen molar-refractivity contribution < 1.29 is 5.11 Å². The largest absolute Gasteiger partial charge is 0.396 e. The summed E-state index contributed by atoms with van der Waals surface area (Å²) in [6.45, 7) is 15.4. The molecule has 1 N–H and O–H groups in total. The molecule has 0 radical (unpaired) electrons. The second-order valence-electron chi connectivity index (χ2n) is 7.99. The van der Waals surface area contributed by atoms with E-state index in [1.807, 2.05) is 0 Å². The number of likely N-dealkylation sites (tertiary alicyclic amines) is 1. The third kappa shape index (κ3) is 5.43. The molecule has 0 aromatic rings.